The molecule has 5 rings (SSSR count). The van der Waals surface area contributed by atoms with Gasteiger partial charge in [0.2, 0.25) is 5.95 Å². The van der Waals surface area contributed by atoms with Crippen molar-refractivity contribution in [3.05, 3.63) is 70.8 Å². The average Bonchev–Trinajstić information content (AvgIpc) is 2.86. The number of piperazine rings is 1. The van der Waals surface area contributed by atoms with Crippen LogP contribution in [0.5, 0.6) is 0 Å². The van der Waals surface area contributed by atoms with Gasteiger partial charge in [0.1, 0.15) is 0 Å². The number of nitrogens with one attached hydrogen (secondary N) is 1. The number of morpholine rings is 1. The Balaban J connectivity index is 1.35. The molecule has 1 N–H and O–H groups in total. The molecule has 2 aliphatic rings. The van der Waals surface area contributed by atoms with E-state index in [1.165, 1.54) is 11.3 Å². The van der Waals surface area contributed by atoms with Crippen molar-refractivity contribution in [1.29, 1.82) is 0 Å². The molecule has 0 amide bonds. The minimum Gasteiger partial charge on any atom is -0.372 e. The van der Waals surface area contributed by atoms with Gasteiger partial charge in [0.15, 0.2) is 0 Å². The Labute approximate surface area is 200 Å². The molecule has 0 spiro atoms. The Hall–Kier alpha value is -3.23. The zero-order valence-electron chi connectivity index (χ0n) is 20.0. The fourth-order valence-electron chi connectivity index (χ4n) is 4.94. The second kappa shape index (κ2) is 9.56. The van der Waals surface area contributed by atoms with Crippen LogP contribution in [0, 0.1) is 0 Å². The maximum atomic E-state index is 12.7. The SMILES string of the molecule is C[C@@H]1CN(c2ccc([C@H]3CN(c4nc(-c5ccncc5)cc(=O)n4C)CCN3)cc2)C[C@H](C)O1. The first-order valence-corrected chi connectivity index (χ1v) is 11.9. The molecule has 8 nitrogen and oxygen atoms in total. The highest BCUT2D eigenvalue weighted by Crippen LogP contribution is 2.26. The van der Waals surface area contributed by atoms with Gasteiger partial charge in [-0.15, -0.1) is 0 Å². The Morgan fingerprint density at radius 3 is 2.38 bits per heavy atom. The Morgan fingerprint density at radius 2 is 1.68 bits per heavy atom. The van der Waals surface area contributed by atoms with E-state index in [1.807, 2.05) is 12.1 Å². The molecule has 4 heterocycles. The summed E-state index contributed by atoms with van der Waals surface area (Å²) in [5.74, 6) is 0.693. The minimum atomic E-state index is -0.0646. The Bertz CT molecular complexity index is 1170. The van der Waals surface area contributed by atoms with Gasteiger partial charge in [0.05, 0.1) is 17.9 Å². The normalized spacial score (nSPS) is 23.2. The third kappa shape index (κ3) is 4.69. The number of rotatable bonds is 4. The first-order chi connectivity index (χ1) is 16.5. The lowest BCUT2D eigenvalue weighted by molar-refractivity contribution is -0.00521. The molecule has 1 aromatic carbocycles. The number of benzene rings is 1. The van der Waals surface area contributed by atoms with Crippen molar-refractivity contribution >= 4 is 11.6 Å². The van der Waals surface area contributed by atoms with Gasteiger partial charge in [-0.2, -0.15) is 0 Å². The molecule has 34 heavy (non-hydrogen) atoms. The molecule has 2 aliphatic heterocycles. The number of anilines is 2. The molecule has 0 aliphatic carbocycles. The summed E-state index contributed by atoms with van der Waals surface area (Å²) in [6.45, 7) is 8.42. The lowest BCUT2D eigenvalue weighted by atomic mass is 10.0. The van der Waals surface area contributed by atoms with E-state index in [4.69, 9.17) is 9.72 Å². The molecule has 3 atom stereocenters. The van der Waals surface area contributed by atoms with E-state index in [1.54, 1.807) is 30.1 Å². The third-order valence-corrected chi connectivity index (χ3v) is 6.63. The van der Waals surface area contributed by atoms with Crippen LogP contribution in [0.15, 0.2) is 59.7 Å². The number of hydrogen-bond acceptors (Lipinski definition) is 7. The van der Waals surface area contributed by atoms with Gasteiger partial charge in [-0.05, 0) is 43.7 Å². The minimum absolute atomic E-state index is 0.0646. The number of pyridine rings is 1. The van der Waals surface area contributed by atoms with E-state index >= 15 is 0 Å². The molecule has 0 radical (unpaired) electrons. The molecule has 8 heteroatoms. The molecule has 0 bridgehead atoms. The number of ether oxygens (including phenoxy) is 1. The van der Waals surface area contributed by atoms with Crippen molar-refractivity contribution in [2.24, 2.45) is 7.05 Å². The van der Waals surface area contributed by atoms with E-state index in [0.717, 1.165) is 38.3 Å². The van der Waals surface area contributed by atoms with Gasteiger partial charge >= 0.3 is 0 Å². The van der Waals surface area contributed by atoms with Crippen LogP contribution in [0.25, 0.3) is 11.3 Å². The van der Waals surface area contributed by atoms with Gasteiger partial charge in [-0.25, -0.2) is 4.98 Å². The van der Waals surface area contributed by atoms with Crippen molar-refractivity contribution in [3.8, 4) is 11.3 Å². The van der Waals surface area contributed by atoms with E-state index in [-0.39, 0.29) is 23.8 Å². The quantitative estimate of drug-likeness (QED) is 0.641. The lowest BCUT2D eigenvalue weighted by Crippen LogP contribution is -2.48. The first-order valence-electron chi connectivity index (χ1n) is 11.9. The zero-order valence-corrected chi connectivity index (χ0v) is 20.0. The van der Waals surface area contributed by atoms with Crippen LogP contribution in [0.2, 0.25) is 0 Å². The predicted molar refractivity (Wildman–Crippen MR) is 134 cm³/mol. The Morgan fingerprint density at radius 1 is 0.971 bits per heavy atom. The summed E-state index contributed by atoms with van der Waals surface area (Å²) in [6.07, 6.45) is 3.91. The molecular formula is C26H32N6O2. The van der Waals surface area contributed by atoms with Gasteiger partial charge in [0, 0.05) is 75.5 Å². The smallest absolute Gasteiger partial charge is 0.255 e. The molecule has 2 saturated heterocycles. The first kappa shape index (κ1) is 22.6. The fourth-order valence-corrected chi connectivity index (χ4v) is 4.94. The van der Waals surface area contributed by atoms with Crippen molar-refractivity contribution < 1.29 is 4.74 Å². The van der Waals surface area contributed by atoms with Crippen LogP contribution in [-0.4, -0.2) is 59.5 Å². The molecule has 2 aromatic heterocycles. The maximum absolute atomic E-state index is 12.7. The highest BCUT2D eigenvalue weighted by molar-refractivity contribution is 5.59. The van der Waals surface area contributed by atoms with Crippen LogP contribution in [0.4, 0.5) is 11.6 Å². The second-order valence-corrected chi connectivity index (χ2v) is 9.28. The maximum Gasteiger partial charge on any atom is 0.255 e. The van der Waals surface area contributed by atoms with E-state index in [2.05, 4.69) is 58.2 Å². The molecular weight excluding hydrogens is 428 g/mol. The van der Waals surface area contributed by atoms with E-state index in [9.17, 15) is 4.79 Å². The highest BCUT2D eigenvalue weighted by Gasteiger charge is 2.25. The van der Waals surface area contributed by atoms with Crippen molar-refractivity contribution in [2.45, 2.75) is 32.1 Å². The molecule has 0 unspecified atom stereocenters. The van der Waals surface area contributed by atoms with Crippen molar-refractivity contribution in [2.75, 3.05) is 42.5 Å². The summed E-state index contributed by atoms with van der Waals surface area (Å²) in [6, 6.07) is 14.3. The molecule has 3 aromatic rings. The predicted octanol–water partition coefficient (Wildman–Crippen LogP) is 2.61. The van der Waals surface area contributed by atoms with Crippen LogP contribution < -0.4 is 20.7 Å². The van der Waals surface area contributed by atoms with Crippen LogP contribution in [0.3, 0.4) is 0 Å². The number of nitrogens with zero attached hydrogens (tertiary/aromatic N) is 5. The van der Waals surface area contributed by atoms with Crippen LogP contribution in [-0.2, 0) is 11.8 Å². The lowest BCUT2D eigenvalue weighted by Gasteiger charge is -2.37. The second-order valence-electron chi connectivity index (χ2n) is 9.28. The topological polar surface area (TPSA) is 75.5 Å². The number of hydrogen-bond donors (Lipinski definition) is 1. The molecule has 0 saturated carbocycles. The van der Waals surface area contributed by atoms with Gasteiger partial charge < -0.3 is 19.9 Å². The fraction of sp³-hybridized carbons (Fsp3) is 0.423. The summed E-state index contributed by atoms with van der Waals surface area (Å²) in [5.41, 5.74) is 3.97. The van der Waals surface area contributed by atoms with Gasteiger partial charge in [0.25, 0.3) is 5.56 Å². The van der Waals surface area contributed by atoms with Gasteiger partial charge in [-0.3, -0.25) is 14.3 Å². The summed E-state index contributed by atoms with van der Waals surface area (Å²) in [4.78, 5) is 26.2. The largest absolute Gasteiger partial charge is 0.372 e. The standard InChI is InChI=1S/C26H32N6O2/c1-18-15-32(16-19(2)34-18)22-6-4-20(5-7-22)24-17-31(13-12-28-24)26-29-23(14-25(33)30(26)3)21-8-10-27-11-9-21/h4-11,14,18-19,24,28H,12-13,15-17H2,1-3H3/t18-,19+,24-/m1/s1. The monoisotopic (exact) mass is 460 g/mol. The summed E-state index contributed by atoms with van der Waals surface area (Å²) < 4.78 is 7.51. The highest BCUT2D eigenvalue weighted by atomic mass is 16.5. The summed E-state index contributed by atoms with van der Waals surface area (Å²) in [5, 5.41) is 3.63. The number of aromatic nitrogens is 3. The summed E-state index contributed by atoms with van der Waals surface area (Å²) in [7, 11) is 1.79. The summed E-state index contributed by atoms with van der Waals surface area (Å²) >= 11 is 0. The van der Waals surface area contributed by atoms with Crippen LogP contribution >= 0.6 is 0 Å². The molecule has 178 valence electrons. The van der Waals surface area contributed by atoms with E-state index < -0.39 is 0 Å². The Kier molecular flexibility index (Phi) is 6.34. The van der Waals surface area contributed by atoms with Crippen LogP contribution in [0.1, 0.15) is 25.5 Å². The average molecular weight is 461 g/mol. The van der Waals surface area contributed by atoms with Crippen molar-refractivity contribution in [3.63, 3.8) is 0 Å². The van der Waals surface area contributed by atoms with Gasteiger partial charge in [-0.1, -0.05) is 12.1 Å². The third-order valence-electron chi connectivity index (χ3n) is 6.63. The van der Waals surface area contributed by atoms with Crippen molar-refractivity contribution in [1.82, 2.24) is 19.9 Å². The molecule has 2 fully saturated rings. The zero-order chi connectivity index (χ0) is 23.7. The van der Waals surface area contributed by atoms with E-state index in [0.29, 0.717) is 11.6 Å².